The third kappa shape index (κ3) is 1.54. The van der Waals surface area contributed by atoms with Crippen molar-refractivity contribution in [2.45, 2.75) is 13.8 Å². The number of aromatic nitrogens is 1. The van der Waals surface area contributed by atoms with E-state index in [1.54, 1.807) is 0 Å². The first kappa shape index (κ1) is 7.68. The van der Waals surface area contributed by atoms with Gasteiger partial charge in [-0.15, -0.1) is 0 Å². The number of nitrogens with zero attached hydrogens (tertiary/aromatic N) is 1. The van der Waals surface area contributed by atoms with Gasteiger partial charge < -0.3 is 0 Å². The number of pyridine rings is 1. The van der Waals surface area contributed by atoms with Crippen LogP contribution in [0.1, 0.15) is 11.3 Å². The molecule has 1 aromatic rings. The molecule has 0 saturated carbocycles. The van der Waals surface area contributed by atoms with Crippen LogP contribution in [0.15, 0.2) is 12.3 Å². The molecule has 2 heteroatoms. The zero-order chi connectivity index (χ0) is 7.56. The van der Waals surface area contributed by atoms with E-state index in [9.17, 15) is 0 Å². The van der Waals surface area contributed by atoms with Crippen LogP contribution in [0.5, 0.6) is 0 Å². The fraction of sp³-hybridized carbons (Fsp3) is 0.375. The summed E-state index contributed by atoms with van der Waals surface area (Å²) in [6, 6.07) is 2.16. The minimum absolute atomic E-state index is 0.885. The second-order valence-electron chi connectivity index (χ2n) is 2.39. The zero-order valence-electron chi connectivity index (χ0n) is 6.60. The molecule has 10 heavy (non-hydrogen) atoms. The Hall–Kier alpha value is -0.420. The second kappa shape index (κ2) is 3.12. The molecule has 0 saturated heterocycles. The monoisotopic (exact) mass is 153 g/mol. The lowest BCUT2D eigenvalue weighted by atomic mass is 10.3. The highest BCUT2D eigenvalue weighted by Crippen LogP contribution is 2.07. The van der Waals surface area contributed by atoms with Crippen LogP contribution in [0, 0.1) is 13.8 Å². The van der Waals surface area contributed by atoms with Crippen molar-refractivity contribution in [3.05, 3.63) is 23.5 Å². The Bertz CT molecular complexity index is 233. The van der Waals surface area contributed by atoms with E-state index in [1.807, 2.05) is 13.1 Å². The first-order valence-electron chi connectivity index (χ1n) is 3.35. The van der Waals surface area contributed by atoms with Gasteiger partial charge in [-0.2, -0.15) is 0 Å². The highest BCUT2D eigenvalue weighted by Gasteiger charge is 1.94. The van der Waals surface area contributed by atoms with Gasteiger partial charge in [0.25, 0.3) is 0 Å². The molecule has 0 aliphatic heterocycles. The van der Waals surface area contributed by atoms with Crippen molar-refractivity contribution < 1.29 is 0 Å². The molecule has 0 aromatic carbocycles. The summed E-state index contributed by atoms with van der Waals surface area (Å²) < 4.78 is 0. The van der Waals surface area contributed by atoms with Gasteiger partial charge in [0.15, 0.2) is 0 Å². The highest BCUT2D eigenvalue weighted by molar-refractivity contribution is 7.46. The minimum Gasteiger partial charge on any atom is -0.261 e. The van der Waals surface area contributed by atoms with E-state index in [0.29, 0.717) is 0 Å². The summed E-state index contributed by atoms with van der Waals surface area (Å²) in [5, 5.41) is 1.44. The van der Waals surface area contributed by atoms with Gasteiger partial charge in [0.05, 0.1) is 0 Å². The van der Waals surface area contributed by atoms with Crippen molar-refractivity contribution in [3.8, 4) is 0 Å². The average molecular weight is 153 g/mol. The van der Waals surface area contributed by atoms with Gasteiger partial charge in [0.2, 0.25) is 0 Å². The Morgan fingerprint density at radius 3 is 2.60 bits per heavy atom. The summed E-state index contributed by atoms with van der Waals surface area (Å²) in [4.78, 5) is 4.19. The number of hydrogen-bond acceptors (Lipinski definition) is 1. The summed E-state index contributed by atoms with van der Waals surface area (Å²) in [7, 11) is 0.885. The number of hydrogen-bond donors (Lipinski definition) is 0. The Balaban J connectivity index is 3.09. The molecular weight excluding hydrogens is 141 g/mol. The standard InChI is InChI=1S/C8H12NP/c1-6-5-9-7(2)4-8(6)10-3/h4-5,10H,1-3H3. The molecule has 0 fully saturated rings. The Kier molecular flexibility index (Phi) is 2.39. The SMILES string of the molecule is CPc1cc(C)ncc1C. The lowest BCUT2D eigenvalue weighted by molar-refractivity contribution is 1.18. The largest absolute Gasteiger partial charge is 0.261 e. The molecule has 0 spiro atoms. The highest BCUT2D eigenvalue weighted by atomic mass is 31.1. The number of aryl methyl sites for hydroxylation is 2. The normalized spacial score (nSPS) is 11.1. The fourth-order valence-electron chi connectivity index (χ4n) is 0.898. The molecule has 1 aromatic heterocycles. The van der Waals surface area contributed by atoms with Crippen LogP contribution in [-0.2, 0) is 0 Å². The third-order valence-corrected chi connectivity index (χ3v) is 2.59. The van der Waals surface area contributed by atoms with Crippen LogP contribution in [0.25, 0.3) is 0 Å². The number of rotatable bonds is 1. The molecular formula is C8H12NP. The molecule has 54 valence electrons. The van der Waals surface area contributed by atoms with Crippen LogP contribution in [0.4, 0.5) is 0 Å². The van der Waals surface area contributed by atoms with E-state index >= 15 is 0 Å². The van der Waals surface area contributed by atoms with Gasteiger partial charge in [-0.3, -0.25) is 4.98 Å². The Morgan fingerprint density at radius 1 is 1.40 bits per heavy atom. The molecule has 0 bridgehead atoms. The van der Waals surface area contributed by atoms with E-state index < -0.39 is 0 Å². The molecule has 0 amide bonds. The van der Waals surface area contributed by atoms with E-state index in [-0.39, 0.29) is 0 Å². The molecule has 0 radical (unpaired) electrons. The lowest BCUT2D eigenvalue weighted by Gasteiger charge is -2.01. The predicted octanol–water partition coefficient (Wildman–Crippen LogP) is 1.63. The fourth-order valence-corrected chi connectivity index (χ4v) is 1.71. The third-order valence-electron chi connectivity index (χ3n) is 1.51. The van der Waals surface area contributed by atoms with Gasteiger partial charge in [0.1, 0.15) is 0 Å². The maximum absolute atomic E-state index is 4.19. The van der Waals surface area contributed by atoms with Crippen LogP contribution in [0.2, 0.25) is 0 Å². The topological polar surface area (TPSA) is 12.9 Å². The molecule has 1 rings (SSSR count). The first-order valence-corrected chi connectivity index (χ1v) is 4.85. The quantitative estimate of drug-likeness (QED) is 0.559. The molecule has 1 nitrogen and oxygen atoms in total. The first-order chi connectivity index (χ1) is 4.74. The van der Waals surface area contributed by atoms with Gasteiger partial charge in [0, 0.05) is 11.9 Å². The van der Waals surface area contributed by atoms with E-state index in [0.717, 1.165) is 14.3 Å². The second-order valence-corrected chi connectivity index (χ2v) is 3.43. The molecule has 1 atom stereocenters. The zero-order valence-corrected chi connectivity index (χ0v) is 7.60. The van der Waals surface area contributed by atoms with E-state index in [4.69, 9.17) is 0 Å². The molecule has 1 heterocycles. The van der Waals surface area contributed by atoms with Gasteiger partial charge in [-0.05, 0) is 37.4 Å². The van der Waals surface area contributed by atoms with Crippen molar-refractivity contribution in [1.82, 2.24) is 4.98 Å². The molecule has 1 unspecified atom stereocenters. The lowest BCUT2D eigenvalue weighted by Crippen LogP contribution is -2.01. The maximum atomic E-state index is 4.19. The summed E-state index contributed by atoms with van der Waals surface area (Å²) in [5.74, 6) is 0. The molecule has 0 N–H and O–H groups in total. The minimum atomic E-state index is 0.885. The van der Waals surface area contributed by atoms with Crippen molar-refractivity contribution in [2.75, 3.05) is 6.66 Å². The Labute approximate surface area is 63.7 Å². The maximum Gasteiger partial charge on any atom is 0.0379 e. The van der Waals surface area contributed by atoms with Gasteiger partial charge in [-0.1, -0.05) is 8.58 Å². The summed E-state index contributed by atoms with van der Waals surface area (Å²) in [6.07, 6.45) is 1.95. The summed E-state index contributed by atoms with van der Waals surface area (Å²) in [6.45, 7) is 6.34. The molecule has 0 aliphatic carbocycles. The summed E-state index contributed by atoms with van der Waals surface area (Å²) >= 11 is 0. The van der Waals surface area contributed by atoms with Crippen LogP contribution in [-0.4, -0.2) is 11.6 Å². The van der Waals surface area contributed by atoms with Crippen molar-refractivity contribution >= 4 is 13.9 Å². The predicted molar refractivity (Wildman–Crippen MR) is 47.6 cm³/mol. The summed E-state index contributed by atoms with van der Waals surface area (Å²) in [5.41, 5.74) is 2.43. The van der Waals surface area contributed by atoms with Crippen molar-refractivity contribution in [1.29, 1.82) is 0 Å². The van der Waals surface area contributed by atoms with Crippen LogP contribution >= 0.6 is 8.58 Å². The van der Waals surface area contributed by atoms with Crippen molar-refractivity contribution in [3.63, 3.8) is 0 Å². The van der Waals surface area contributed by atoms with Crippen LogP contribution < -0.4 is 5.30 Å². The van der Waals surface area contributed by atoms with Crippen LogP contribution in [0.3, 0.4) is 0 Å². The van der Waals surface area contributed by atoms with Gasteiger partial charge >= 0.3 is 0 Å². The van der Waals surface area contributed by atoms with Gasteiger partial charge in [-0.25, -0.2) is 0 Å². The van der Waals surface area contributed by atoms with Crippen molar-refractivity contribution in [2.24, 2.45) is 0 Å². The van der Waals surface area contributed by atoms with E-state index in [1.165, 1.54) is 10.9 Å². The van der Waals surface area contributed by atoms with E-state index in [2.05, 4.69) is 24.6 Å². The Morgan fingerprint density at radius 2 is 2.10 bits per heavy atom. The smallest absolute Gasteiger partial charge is 0.0379 e. The molecule has 0 aliphatic rings. The average Bonchev–Trinajstić information content (AvgIpc) is 1.94.